The molecule has 3 aromatic rings. The first-order valence-electron chi connectivity index (χ1n) is 8.46. The summed E-state index contributed by atoms with van der Waals surface area (Å²) in [7, 11) is 0. The quantitative estimate of drug-likeness (QED) is 0.478. The summed E-state index contributed by atoms with van der Waals surface area (Å²) < 4.78 is 31.7. The number of aromatic amines is 1. The number of amides is 2. The molecule has 0 aliphatic heterocycles. The van der Waals surface area contributed by atoms with Crippen LogP contribution in [0.25, 0.3) is 0 Å². The van der Waals surface area contributed by atoms with Gasteiger partial charge in [0.05, 0.1) is 6.54 Å². The van der Waals surface area contributed by atoms with Crippen LogP contribution in [0, 0.1) is 25.5 Å². The first kappa shape index (κ1) is 20.6. The Balaban J connectivity index is 1.66. The van der Waals surface area contributed by atoms with E-state index in [-0.39, 0.29) is 46.5 Å². The van der Waals surface area contributed by atoms with Gasteiger partial charge in [0.25, 0.3) is 11.8 Å². The summed E-state index contributed by atoms with van der Waals surface area (Å²) in [6.07, 6.45) is 0. The fourth-order valence-electron chi connectivity index (χ4n) is 2.59. The van der Waals surface area contributed by atoms with Crippen LogP contribution in [-0.2, 0) is 6.54 Å². The zero-order valence-corrected chi connectivity index (χ0v) is 15.7. The molecule has 4 N–H and O–H groups in total. The number of nitrogens with one attached hydrogen (secondary N) is 3. The second-order valence-corrected chi connectivity index (χ2v) is 6.19. The van der Waals surface area contributed by atoms with Crippen molar-refractivity contribution in [3.8, 4) is 0 Å². The van der Waals surface area contributed by atoms with Gasteiger partial charge in [-0.05, 0) is 24.6 Å². The average Bonchev–Trinajstić information content (AvgIpc) is 3.29. The SMILES string of the molecule is Cc1nc(C(=O)O)c(CNC(=O)c2cc(NC(=O)c3cc(F)c(F)cc3C)n[nH]2)o1. The van der Waals surface area contributed by atoms with Crippen LogP contribution in [0.1, 0.15) is 48.5 Å². The Morgan fingerprint density at radius 2 is 1.83 bits per heavy atom. The number of H-pyrrole nitrogens is 1. The van der Waals surface area contributed by atoms with Crippen molar-refractivity contribution in [2.45, 2.75) is 20.4 Å². The van der Waals surface area contributed by atoms with Crippen LogP contribution in [-0.4, -0.2) is 38.1 Å². The Kier molecular flexibility index (Phi) is 5.58. The van der Waals surface area contributed by atoms with Gasteiger partial charge < -0.3 is 20.2 Å². The molecule has 3 rings (SSSR count). The maximum Gasteiger partial charge on any atom is 0.358 e. The molecule has 156 valence electrons. The first-order chi connectivity index (χ1) is 14.2. The van der Waals surface area contributed by atoms with Crippen LogP contribution in [0.3, 0.4) is 0 Å². The molecule has 12 heteroatoms. The van der Waals surface area contributed by atoms with Crippen molar-refractivity contribution in [2.75, 3.05) is 5.32 Å². The van der Waals surface area contributed by atoms with Gasteiger partial charge in [-0.3, -0.25) is 14.7 Å². The highest BCUT2D eigenvalue weighted by Crippen LogP contribution is 2.16. The standard InChI is InChI=1S/C18H15F2N5O5/c1-7-3-10(19)11(20)4-9(7)16(26)23-14-5-12(24-25-14)17(27)21-6-13-15(18(28)29)22-8(2)30-13/h3-5H,6H2,1-2H3,(H,21,27)(H,28,29)(H2,23,24,25,26). The lowest BCUT2D eigenvalue weighted by Crippen LogP contribution is -2.24. The summed E-state index contributed by atoms with van der Waals surface area (Å²) in [5.74, 6) is -4.87. The largest absolute Gasteiger partial charge is 0.476 e. The molecule has 2 amide bonds. The fraction of sp³-hybridized carbons (Fsp3) is 0.167. The van der Waals surface area contributed by atoms with Crippen molar-refractivity contribution in [1.82, 2.24) is 20.5 Å². The van der Waals surface area contributed by atoms with Crippen LogP contribution in [0.15, 0.2) is 22.6 Å². The number of halogens is 2. The summed E-state index contributed by atoms with van der Waals surface area (Å²) in [6, 6.07) is 2.87. The van der Waals surface area contributed by atoms with Gasteiger partial charge in [-0.1, -0.05) is 0 Å². The summed E-state index contributed by atoms with van der Waals surface area (Å²) in [5, 5.41) is 20.0. The molecule has 30 heavy (non-hydrogen) atoms. The van der Waals surface area contributed by atoms with E-state index >= 15 is 0 Å². The van der Waals surface area contributed by atoms with Crippen LogP contribution in [0.4, 0.5) is 14.6 Å². The predicted molar refractivity (Wildman–Crippen MR) is 97.0 cm³/mol. The third-order valence-electron chi connectivity index (χ3n) is 3.99. The summed E-state index contributed by atoms with van der Waals surface area (Å²) in [4.78, 5) is 39.3. The molecule has 0 aliphatic carbocycles. The third-order valence-corrected chi connectivity index (χ3v) is 3.99. The molecule has 0 saturated heterocycles. The van der Waals surface area contributed by atoms with Crippen molar-refractivity contribution >= 4 is 23.6 Å². The van der Waals surface area contributed by atoms with E-state index < -0.39 is 29.4 Å². The molecule has 10 nitrogen and oxygen atoms in total. The van der Waals surface area contributed by atoms with E-state index in [2.05, 4.69) is 25.8 Å². The number of aromatic nitrogens is 3. The van der Waals surface area contributed by atoms with Gasteiger partial charge in [-0.15, -0.1) is 0 Å². The molecule has 0 unspecified atom stereocenters. The molecule has 0 spiro atoms. The second kappa shape index (κ2) is 8.11. The molecular weight excluding hydrogens is 404 g/mol. The number of aryl methyl sites for hydroxylation is 2. The van der Waals surface area contributed by atoms with Gasteiger partial charge in [0.15, 0.2) is 34.8 Å². The lowest BCUT2D eigenvalue weighted by atomic mass is 10.1. The fourth-order valence-corrected chi connectivity index (χ4v) is 2.59. The molecule has 0 atom stereocenters. The van der Waals surface area contributed by atoms with Crippen LogP contribution in [0.5, 0.6) is 0 Å². The van der Waals surface area contributed by atoms with Gasteiger partial charge in [-0.2, -0.15) is 5.10 Å². The van der Waals surface area contributed by atoms with E-state index in [0.29, 0.717) is 0 Å². The highest BCUT2D eigenvalue weighted by Gasteiger charge is 2.20. The molecule has 0 bridgehead atoms. The smallest absolute Gasteiger partial charge is 0.358 e. The van der Waals surface area contributed by atoms with E-state index in [1.807, 2.05) is 0 Å². The van der Waals surface area contributed by atoms with Crippen molar-refractivity contribution in [3.05, 3.63) is 64.0 Å². The number of hydrogen-bond donors (Lipinski definition) is 4. The number of carbonyl (C=O) groups is 3. The van der Waals surface area contributed by atoms with Crippen molar-refractivity contribution < 1.29 is 32.7 Å². The number of oxazole rings is 1. The Labute approximate surface area is 167 Å². The first-order valence-corrected chi connectivity index (χ1v) is 8.46. The van der Waals surface area contributed by atoms with E-state index in [9.17, 15) is 23.2 Å². The normalized spacial score (nSPS) is 10.7. The number of aromatic carboxylic acids is 1. The second-order valence-electron chi connectivity index (χ2n) is 6.19. The minimum atomic E-state index is -1.30. The number of carboxylic acids is 1. The number of nitrogens with zero attached hydrogens (tertiary/aromatic N) is 2. The predicted octanol–water partition coefficient (Wildman–Crippen LogP) is 2.17. The third kappa shape index (κ3) is 4.32. The van der Waals surface area contributed by atoms with Gasteiger partial charge >= 0.3 is 5.97 Å². The van der Waals surface area contributed by atoms with Gasteiger partial charge in [0.1, 0.15) is 5.69 Å². The number of hydrogen-bond acceptors (Lipinski definition) is 6. The van der Waals surface area contributed by atoms with Crippen LogP contribution >= 0.6 is 0 Å². The Bertz CT molecular complexity index is 1150. The number of carbonyl (C=O) groups excluding carboxylic acids is 2. The lowest BCUT2D eigenvalue weighted by molar-refractivity contribution is 0.0687. The van der Waals surface area contributed by atoms with E-state index in [1.165, 1.54) is 19.9 Å². The zero-order chi connectivity index (χ0) is 22.0. The molecular formula is C18H15F2N5O5. The van der Waals surface area contributed by atoms with Crippen molar-refractivity contribution in [3.63, 3.8) is 0 Å². The molecule has 2 heterocycles. The lowest BCUT2D eigenvalue weighted by Gasteiger charge is -2.06. The number of anilines is 1. The van der Waals surface area contributed by atoms with Crippen molar-refractivity contribution in [1.29, 1.82) is 0 Å². The van der Waals surface area contributed by atoms with Gasteiger partial charge in [-0.25, -0.2) is 18.6 Å². The minimum absolute atomic E-state index is 0.0315. The highest BCUT2D eigenvalue weighted by atomic mass is 19.2. The van der Waals surface area contributed by atoms with Crippen LogP contribution in [0.2, 0.25) is 0 Å². The van der Waals surface area contributed by atoms with Gasteiger partial charge in [0.2, 0.25) is 0 Å². The van der Waals surface area contributed by atoms with Crippen molar-refractivity contribution in [2.24, 2.45) is 0 Å². The van der Waals surface area contributed by atoms with E-state index in [4.69, 9.17) is 9.52 Å². The molecule has 0 saturated carbocycles. The monoisotopic (exact) mass is 419 g/mol. The summed E-state index contributed by atoms with van der Waals surface area (Å²) in [6.45, 7) is 2.67. The summed E-state index contributed by atoms with van der Waals surface area (Å²) in [5.41, 5.74) is -0.228. The van der Waals surface area contributed by atoms with Gasteiger partial charge in [0, 0.05) is 18.6 Å². The Hall–Kier alpha value is -4.09. The number of benzene rings is 1. The molecule has 1 aromatic carbocycles. The maximum atomic E-state index is 13.4. The molecule has 0 fully saturated rings. The summed E-state index contributed by atoms with van der Waals surface area (Å²) >= 11 is 0. The average molecular weight is 419 g/mol. The maximum absolute atomic E-state index is 13.4. The van der Waals surface area contributed by atoms with E-state index in [0.717, 1.165) is 12.1 Å². The molecule has 0 radical (unpaired) electrons. The van der Waals surface area contributed by atoms with E-state index in [1.54, 1.807) is 0 Å². The highest BCUT2D eigenvalue weighted by molar-refractivity contribution is 6.05. The Morgan fingerprint density at radius 1 is 1.13 bits per heavy atom. The zero-order valence-electron chi connectivity index (χ0n) is 15.7. The molecule has 2 aromatic heterocycles. The minimum Gasteiger partial charge on any atom is -0.476 e. The number of rotatable bonds is 6. The van der Waals surface area contributed by atoms with Crippen LogP contribution < -0.4 is 10.6 Å². The Morgan fingerprint density at radius 3 is 2.53 bits per heavy atom. The molecule has 0 aliphatic rings. The number of carboxylic acid groups (broad SMARTS) is 1. The topological polar surface area (TPSA) is 150 Å².